The Bertz CT molecular complexity index is 3280. The number of nitrogens with zero attached hydrogens (tertiary/aromatic N) is 6. The molecule has 6 aromatic rings. The van der Waals surface area contributed by atoms with Gasteiger partial charge in [0, 0.05) is 77.6 Å². The third kappa shape index (κ3) is 15.6. The molecule has 0 spiro atoms. The van der Waals surface area contributed by atoms with Crippen LogP contribution in [0.5, 0.6) is 0 Å². The standard InChI is InChI=1S/C27H35FN4O5S.C26H31FN4O5S/c1-18(33)25-22(16-19-9-11-21(12-10-19)38(35,36)31(5)6)24-23(8-7-14-29-24)32(25)17-20(28)13-15-30-26(34)37-27(2,3)4;1-26(2,3)36-25(33)29-14-12-19(27)16-31-22-7-6-13-28-24(22)21(23(31)17-32)15-18-8-10-20(11-9-18)37(34,35)30(4)5/h7-14,18,33H,15-17H2,1-6H3,(H,30,34);6-13,17H,14-16H2,1-5H3,(H,29,33)/b20-13-;19-12-. The number of rotatable bonds is 18. The monoisotopic (exact) mass is 1080 g/mol. The maximum absolute atomic E-state index is 15.0. The Balaban J connectivity index is 0.000000277. The van der Waals surface area contributed by atoms with Crippen molar-refractivity contribution in [2.45, 2.75) is 101 Å². The van der Waals surface area contributed by atoms with Gasteiger partial charge in [-0.2, -0.15) is 0 Å². The molecule has 18 nitrogen and oxygen atoms in total. The Labute approximate surface area is 437 Å². The lowest BCUT2D eigenvalue weighted by Gasteiger charge is -2.19. The van der Waals surface area contributed by atoms with Crippen LogP contribution in [0.15, 0.2) is 119 Å². The number of aliphatic hydroxyl groups is 1. The van der Waals surface area contributed by atoms with Crippen LogP contribution in [0.25, 0.3) is 22.1 Å². The van der Waals surface area contributed by atoms with E-state index >= 15 is 0 Å². The fourth-order valence-electron chi connectivity index (χ4n) is 7.76. The number of aliphatic hydroxyl groups excluding tert-OH is 1. The lowest BCUT2D eigenvalue weighted by atomic mass is 10.0. The summed E-state index contributed by atoms with van der Waals surface area (Å²) in [6.45, 7) is 11.5. The van der Waals surface area contributed by atoms with Gasteiger partial charge >= 0.3 is 12.2 Å². The zero-order chi connectivity index (χ0) is 55.6. The third-order valence-electron chi connectivity index (χ3n) is 11.2. The molecule has 2 aromatic carbocycles. The van der Waals surface area contributed by atoms with Crippen LogP contribution in [0.3, 0.4) is 0 Å². The second kappa shape index (κ2) is 24.7. The molecule has 22 heteroatoms. The van der Waals surface area contributed by atoms with Crippen molar-refractivity contribution in [1.82, 2.24) is 38.3 Å². The van der Waals surface area contributed by atoms with Crippen molar-refractivity contribution in [1.29, 1.82) is 0 Å². The molecule has 1 atom stereocenters. The fourth-order valence-corrected chi connectivity index (χ4v) is 9.57. The number of pyridine rings is 2. The number of ether oxygens (including phenoxy) is 2. The second-order valence-electron chi connectivity index (χ2n) is 19.7. The van der Waals surface area contributed by atoms with Crippen LogP contribution >= 0.6 is 0 Å². The topological polar surface area (TPSA) is 224 Å². The summed E-state index contributed by atoms with van der Waals surface area (Å²) in [5, 5.41) is 15.7. The Morgan fingerprint density at radius 1 is 0.667 bits per heavy atom. The molecule has 4 heterocycles. The summed E-state index contributed by atoms with van der Waals surface area (Å²) in [7, 11) is -1.26. The molecule has 0 radical (unpaired) electrons. The normalized spacial score (nSPS) is 13.2. The van der Waals surface area contributed by atoms with Crippen molar-refractivity contribution in [2.75, 3.05) is 41.3 Å². The lowest BCUT2D eigenvalue weighted by molar-refractivity contribution is 0.0522. The number of sulfonamides is 2. The van der Waals surface area contributed by atoms with Gasteiger partial charge in [-0.1, -0.05) is 24.3 Å². The van der Waals surface area contributed by atoms with Crippen molar-refractivity contribution < 1.29 is 54.6 Å². The molecular formula is C53H66F2N8O10S2. The predicted molar refractivity (Wildman–Crippen MR) is 283 cm³/mol. The molecule has 0 aliphatic heterocycles. The highest BCUT2D eigenvalue weighted by Crippen LogP contribution is 2.33. The molecule has 0 aliphatic carbocycles. The SMILES string of the molecule is CC(O)c1c(Cc2ccc(S(=O)(=O)N(C)C)cc2)c2ncccc2n1C/C(F)=C/CNC(=O)OC(C)(C)C.CN(C)S(=O)(=O)c1ccc(Cc2c(C=O)n(C/C(F)=C/CNC(=O)OC(C)(C)C)c3cccnc23)cc1. The first kappa shape index (κ1) is 59.0. The summed E-state index contributed by atoms with van der Waals surface area (Å²) in [5.74, 6) is -1.06. The largest absolute Gasteiger partial charge is 0.444 e. The summed E-state index contributed by atoms with van der Waals surface area (Å²) in [6.07, 6.45) is 4.76. The van der Waals surface area contributed by atoms with E-state index in [-0.39, 0.29) is 41.7 Å². The van der Waals surface area contributed by atoms with Gasteiger partial charge in [-0.3, -0.25) is 14.8 Å². The molecule has 1 unspecified atom stereocenters. The number of hydrogen-bond acceptors (Lipinski definition) is 12. The molecular weight excluding hydrogens is 1010 g/mol. The van der Waals surface area contributed by atoms with Gasteiger partial charge in [0.05, 0.1) is 62.4 Å². The molecule has 75 heavy (non-hydrogen) atoms. The number of carbonyl (C=O) groups excluding carboxylic acids is 3. The van der Waals surface area contributed by atoms with Gasteiger partial charge in [0.15, 0.2) is 6.29 Å². The molecule has 0 bridgehead atoms. The number of fused-ring (bicyclic) bond motifs is 2. The number of allylic oxidation sites excluding steroid dienone is 2. The van der Waals surface area contributed by atoms with Crippen LogP contribution in [0.2, 0.25) is 0 Å². The molecule has 3 N–H and O–H groups in total. The molecule has 4 aromatic heterocycles. The molecule has 6 rings (SSSR count). The Morgan fingerprint density at radius 2 is 1.05 bits per heavy atom. The highest BCUT2D eigenvalue weighted by atomic mass is 32.2. The minimum absolute atomic E-state index is 0.0583. The van der Waals surface area contributed by atoms with E-state index < -0.39 is 61.2 Å². The van der Waals surface area contributed by atoms with Gasteiger partial charge in [-0.25, -0.2) is 43.8 Å². The average Bonchev–Trinajstić information content (AvgIpc) is 3.78. The maximum atomic E-state index is 15.0. The summed E-state index contributed by atoms with van der Waals surface area (Å²) >= 11 is 0. The Morgan fingerprint density at radius 3 is 1.44 bits per heavy atom. The van der Waals surface area contributed by atoms with Crippen LogP contribution in [0.4, 0.5) is 18.4 Å². The first-order valence-electron chi connectivity index (χ1n) is 23.7. The van der Waals surface area contributed by atoms with Crippen LogP contribution in [0.1, 0.15) is 93.0 Å². The van der Waals surface area contributed by atoms with E-state index in [1.54, 1.807) is 126 Å². The Kier molecular flexibility index (Phi) is 19.4. The first-order valence-corrected chi connectivity index (χ1v) is 26.6. The van der Waals surface area contributed by atoms with E-state index in [9.17, 15) is 45.1 Å². The zero-order valence-corrected chi connectivity index (χ0v) is 45.6. The van der Waals surface area contributed by atoms with Crippen molar-refractivity contribution in [3.8, 4) is 0 Å². The number of halogens is 2. The summed E-state index contributed by atoms with van der Waals surface area (Å²) < 4.78 is 95.1. The van der Waals surface area contributed by atoms with Gasteiger partial charge in [-0.05, 0) is 120 Å². The van der Waals surface area contributed by atoms with Crippen LogP contribution in [-0.2, 0) is 55.5 Å². The number of hydrogen-bond donors (Lipinski definition) is 3. The average molecular weight is 1080 g/mol. The van der Waals surface area contributed by atoms with Gasteiger partial charge in [-0.15, -0.1) is 0 Å². The van der Waals surface area contributed by atoms with E-state index in [0.717, 1.165) is 25.3 Å². The van der Waals surface area contributed by atoms with E-state index in [0.29, 0.717) is 52.5 Å². The maximum Gasteiger partial charge on any atom is 0.407 e. The minimum Gasteiger partial charge on any atom is -0.444 e. The molecule has 0 fully saturated rings. The van der Waals surface area contributed by atoms with E-state index in [2.05, 4.69) is 20.6 Å². The smallest absolute Gasteiger partial charge is 0.407 e. The highest BCUT2D eigenvalue weighted by Gasteiger charge is 2.25. The summed E-state index contributed by atoms with van der Waals surface area (Å²) in [5.41, 5.74) is 4.75. The highest BCUT2D eigenvalue weighted by molar-refractivity contribution is 7.89. The fraction of sp³-hybridized carbons (Fsp3) is 0.377. The molecule has 2 amide bonds. The number of aldehydes is 1. The van der Waals surface area contributed by atoms with Crippen LogP contribution < -0.4 is 10.6 Å². The quantitative estimate of drug-likeness (QED) is 0.0691. The minimum atomic E-state index is -3.57. The third-order valence-corrected chi connectivity index (χ3v) is 14.8. The number of alkyl carbamates (subject to hydrolysis) is 2. The molecule has 0 aliphatic rings. The van der Waals surface area contributed by atoms with Gasteiger partial charge in [0.1, 0.15) is 22.9 Å². The molecule has 404 valence electrons. The summed E-state index contributed by atoms with van der Waals surface area (Å²) in [6, 6.07) is 19.9. The predicted octanol–water partition coefficient (Wildman–Crippen LogP) is 8.38. The number of carbonyl (C=O) groups is 3. The zero-order valence-electron chi connectivity index (χ0n) is 44.0. The second-order valence-corrected chi connectivity index (χ2v) is 24.0. The molecule has 0 saturated carbocycles. The van der Waals surface area contributed by atoms with E-state index in [1.807, 2.05) is 0 Å². The number of benzene rings is 2. The van der Waals surface area contributed by atoms with Crippen molar-refractivity contribution in [3.63, 3.8) is 0 Å². The first-order chi connectivity index (χ1) is 35.0. The lowest BCUT2D eigenvalue weighted by Crippen LogP contribution is -2.32. The van der Waals surface area contributed by atoms with Crippen molar-refractivity contribution in [2.24, 2.45) is 0 Å². The number of amides is 2. The summed E-state index contributed by atoms with van der Waals surface area (Å²) in [4.78, 5) is 45.0. The van der Waals surface area contributed by atoms with E-state index in [1.165, 1.54) is 57.0 Å². The van der Waals surface area contributed by atoms with E-state index in [4.69, 9.17) is 9.47 Å². The molecule has 0 saturated heterocycles. The van der Waals surface area contributed by atoms with Crippen molar-refractivity contribution >= 4 is 60.6 Å². The van der Waals surface area contributed by atoms with Gasteiger partial charge in [0.25, 0.3) is 0 Å². The van der Waals surface area contributed by atoms with Gasteiger partial charge < -0.3 is 34.3 Å². The van der Waals surface area contributed by atoms with Crippen LogP contribution in [-0.4, -0.2) is 121 Å². The van der Waals surface area contributed by atoms with Gasteiger partial charge in [0.2, 0.25) is 20.0 Å². The number of aromatic nitrogens is 4. The van der Waals surface area contributed by atoms with Crippen molar-refractivity contribution in [3.05, 3.63) is 143 Å². The number of nitrogens with one attached hydrogen (secondary N) is 2. The Hall–Kier alpha value is -6.85. The van der Waals surface area contributed by atoms with Crippen LogP contribution in [0, 0.1) is 0 Å².